The van der Waals surface area contributed by atoms with Gasteiger partial charge in [-0.2, -0.15) is 0 Å². The number of hydrogen-bond donors (Lipinski definition) is 2. The highest BCUT2D eigenvalue weighted by molar-refractivity contribution is 4.74. The standard InChI is InChI=1S/C12H28N2O/c1-5-12(2,3)14-8-6-7-10-15-11-9-13-4/h13-14H,5-11H2,1-4H3. The summed E-state index contributed by atoms with van der Waals surface area (Å²) in [6.45, 7) is 10.5. The predicted molar refractivity (Wildman–Crippen MR) is 66.4 cm³/mol. The van der Waals surface area contributed by atoms with Gasteiger partial charge in [-0.15, -0.1) is 0 Å². The Morgan fingerprint density at radius 1 is 1.07 bits per heavy atom. The van der Waals surface area contributed by atoms with Crippen molar-refractivity contribution in [2.45, 2.75) is 45.6 Å². The van der Waals surface area contributed by atoms with Gasteiger partial charge in [-0.1, -0.05) is 6.92 Å². The van der Waals surface area contributed by atoms with Crippen molar-refractivity contribution in [3.05, 3.63) is 0 Å². The van der Waals surface area contributed by atoms with E-state index in [0.717, 1.165) is 32.7 Å². The van der Waals surface area contributed by atoms with Crippen molar-refractivity contribution in [2.75, 3.05) is 33.4 Å². The molecule has 3 nitrogen and oxygen atoms in total. The Morgan fingerprint density at radius 3 is 2.40 bits per heavy atom. The molecule has 0 atom stereocenters. The molecule has 0 heterocycles. The lowest BCUT2D eigenvalue weighted by Crippen LogP contribution is -2.39. The molecule has 0 aliphatic carbocycles. The molecular formula is C12H28N2O. The van der Waals surface area contributed by atoms with Gasteiger partial charge in [-0.05, 0) is 46.7 Å². The molecule has 0 aromatic carbocycles. The molecule has 0 fully saturated rings. The molecule has 0 unspecified atom stereocenters. The summed E-state index contributed by atoms with van der Waals surface area (Å²) in [5.41, 5.74) is 0.285. The maximum absolute atomic E-state index is 5.44. The molecule has 0 rings (SSSR count). The third kappa shape index (κ3) is 10.2. The van der Waals surface area contributed by atoms with E-state index in [2.05, 4.69) is 31.4 Å². The molecule has 3 heteroatoms. The normalized spacial score (nSPS) is 12.0. The van der Waals surface area contributed by atoms with E-state index in [0.29, 0.717) is 0 Å². The van der Waals surface area contributed by atoms with Crippen molar-refractivity contribution < 1.29 is 4.74 Å². The molecule has 0 spiro atoms. The number of unbranched alkanes of at least 4 members (excludes halogenated alkanes) is 1. The highest BCUT2D eigenvalue weighted by atomic mass is 16.5. The molecule has 0 radical (unpaired) electrons. The lowest BCUT2D eigenvalue weighted by atomic mass is 10.0. The van der Waals surface area contributed by atoms with Crippen molar-refractivity contribution >= 4 is 0 Å². The van der Waals surface area contributed by atoms with Crippen molar-refractivity contribution in [3.8, 4) is 0 Å². The third-order valence-corrected chi connectivity index (χ3v) is 2.70. The van der Waals surface area contributed by atoms with Gasteiger partial charge in [0.1, 0.15) is 0 Å². The SMILES string of the molecule is CCC(C)(C)NCCCCOCCNC. The van der Waals surface area contributed by atoms with Crippen LogP contribution in [0.4, 0.5) is 0 Å². The van der Waals surface area contributed by atoms with Gasteiger partial charge in [-0.3, -0.25) is 0 Å². The largest absolute Gasteiger partial charge is 0.380 e. The van der Waals surface area contributed by atoms with Gasteiger partial charge < -0.3 is 15.4 Å². The molecule has 0 aromatic rings. The molecule has 0 bridgehead atoms. The van der Waals surface area contributed by atoms with Gasteiger partial charge in [-0.25, -0.2) is 0 Å². The van der Waals surface area contributed by atoms with Crippen LogP contribution in [-0.4, -0.2) is 38.9 Å². The maximum atomic E-state index is 5.44. The molecule has 0 aliphatic rings. The average molecular weight is 216 g/mol. The highest BCUT2D eigenvalue weighted by Gasteiger charge is 2.12. The molecule has 0 amide bonds. The zero-order valence-corrected chi connectivity index (χ0v) is 10.9. The van der Waals surface area contributed by atoms with Crippen LogP contribution < -0.4 is 10.6 Å². The highest BCUT2D eigenvalue weighted by Crippen LogP contribution is 2.06. The molecule has 0 saturated carbocycles. The van der Waals surface area contributed by atoms with Gasteiger partial charge in [0.25, 0.3) is 0 Å². The van der Waals surface area contributed by atoms with Crippen LogP contribution in [0.15, 0.2) is 0 Å². The van der Waals surface area contributed by atoms with Crippen LogP contribution in [0.1, 0.15) is 40.0 Å². The average Bonchev–Trinajstić information content (AvgIpc) is 2.22. The van der Waals surface area contributed by atoms with E-state index in [4.69, 9.17) is 4.74 Å². The monoisotopic (exact) mass is 216 g/mol. The van der Waals surface area contributed by atoms with E-state index in [1.165, 1.54) is 12.8 Å². The first-order valence-corrected chi connectivity index (χ1v) is 6.10. The summed E-state index contributed by atoms with van der Waals surface area (Å²) in [7, 11) is 1.94. The topological polar surface area (TPSA) is 33.3 Å². The summed E-state index contributed by atoms with van der Waals surface area (Å²) in [4.78, 5) is 0. The zero-order valence-electron chi connectivity index (χ0n) is 10.9. The van der Waals surface area contributed by atoms with Gasteiger partial charge in [0, 0.05) is 18.7 Å². The van der Waals surface area contributed by atoms with Gasteiger partial charge >= 0.3 is 0 Å². The van der Waals surface area contributed by atoms with Crippen molar-refractivity contribution in [1.29, 1.82) is 0 Å². The number of rotatable bonds is 10. The molecule has 2 N–H and O–H groups in total. The molecule has 92 valence electrons. The summed E-state index contributed by atoms with van der Waals surface area (Å²) in [5.74, 6) is 0. The van der Waals surface area contributed by atoms with Crippen molar-refractivity contribution in [1.82, 2.24) is 10.6 Å². The van der Waals surface area contributed by atoms with E-state index in [9.17, 15) is 0 Å². The van der Waals surface area contributed by atoms with Crippen LogP contribution in [0.25, 0.3) is 0 Å². The fraction of sp³-hybridized carbons (Fsp3) is 1.00. The first-order chi connectivity index (χ1) is 7.12. The molecule has 0 aromatic heterocycles. The molecular weight excluding hydrogens is 188 g/mol. The second kappa shape index (κ2) is 9.13. The van der Waals surface area contributed by atoms with Crippen LogP contribution in [-0.2, 0) is 4.74 Å². The van der Waals surface area contributed by atoms with Gasteiger partial charge in [0.15, 0.2) is 0 Å². The summed E-state index contributed by atoms with van der Waals surface area (Å²) < 4.78 is 5.44. The Balaban J connectivity index is 3.11. The van der Waals surface area contributed by atoms with E-state index in [-0.39, 0.29) is 5.54 Å². The zero-order chi connectivity index (χ0) is 11.6. The first kappa shape index (κ1) is 14.9. The van der Waals surface area contributed by atoms with Crippen LogP contribution in [0.5, 0.6) is 0 Å². The Bertz CT molecular complexity index is 138. The molecule has 0 saturated heterocycles. The van der Waals surface area contributed by atoms with Crippen molar-refractivity contribution in [2.24, 2.45) is 0 Å². The van der Waals surface area contributed by atoms with E-state index >= 15 is 0 Å². The minimum Gasteiger partial charge on any atom is -0.380 e. The maximum Gasteiger partial charge on any atom is 0.0590 e. The Labute approximate surface area is 95.0 Å². The van der Waals surface area contributed by atoms with Gasteiger partial charge in [0.2, 0.25) is 0 Å². The summed E-state index contributed by atoms with van der Waals surface area (Å²) in [5, 5.41) is 6.60. The number of nitrogens with one attached hydrogen (secondary N) is 2. The van der Waals surface area contributed by atoms with Crippen molar-refractivity contribution in [3.63, 3.8) is 0 Å². The van der Waals surface area contributed by atoms with E-state index < -0.39 is 0 Å². The Hall–Kier alpha value is -0.120. The van der Waals surface area contributed by atoms with E-state index in [1.54, 1.807) is 0 Å². The molecule has 15 heavy (non-hydrogen) atoms. The van der Waals surface area contributed by atoms with Crippen LogP contribution in [0, 0.1) is 0 Å². The van der Waals surface area contributed by atoms with Crippen LogP contribution >= 0.6 is 0 Å². The lowest BCUT2D eigenvalue weighted by molar-refractivity contribution is 0.133. The lowest BCUT2D eigenvalue weighted by Gasteiger charge is -2.24. The fourth-order valence-electron chi connectivity index (χ4n) is 1.16. The minimum atomic E-state index is 0.285. The number of hydrogen-bond acceptors (Lipinski definition) is 3. The third-order valence-electron chi connectivity index (χ3n) is 2.70. The Morgan fingerprint density at radius 2 is 1.80 bits per heavy atom. The summed E-state index contributed by atoms with van der Waals surface area (Å²) in [6, 6.07) is 0. The molecule has 0 aliphatic heterocycles. The van der Waals surface area contributed by atoms with Crippen LogP contribution in [0.2, 0.25) is 0 Å². The summed E-state index contributed by atoms with van der Waals surface area (Å²) >= 11 is 0. The second-order valence-electron chi connectivity index (χ2n) is 4.59. The summed E-state index contributed by atoms with van der Waals surface area (Å²) in [6.07, 6.45) is 3.52. The fourth-order valence-corrected chi connectivity index (χ4v) is 1.16. The smallest absolute Gasteiger partial charge is 0.0590 e. The number of ether oxygens (including phenoxy) is 1. The number of likely N-dealkylation sites (N-methyl/N-ethyl adjacent to an activating group) is 1. The van der Waals surface area contributed by atoms with E-state index in [1.807, 2.05) is 7.05 Å². The minimum absolute atomic E-state index is 0.285. The first-order valence-electron chi connectivity index (χ1n) is 6.10. The van der Waals surface area contributed by atoms with Crippen LogP contribution in [0.3, 0.4) is 0 Å². The Kier molecular flexibility index (Phi) is 9.06. The second-order valence-corrected chi connectivity index (χ2v) is 4.59. The quantitative estimate of drug-likeness (QED) is 0.546. The van der Waals surface area contributed by atoms with Gasteiger partial charge in [0.05, 0.1) is 6.61 Å². The predicted octanol–water partition coefficient (Wildman–Crippen LogP) is 1.78.